The van der Waals surface area contributed by atoms with Gasteiger partial charge in [0.25, 0.3) is 0 Å². The van der Waals surface area contributed by atoms with Crippen LogP contribution in [0.5, 0.6) is 0 Å². The van der Waals surface area contributed by atoms with Gasteiger partial charge in [0.15, 0.2) is 5.96 Å². The van der Waals surface area contributed by atoms with Gasteiger partial charge in [0.2, 0.25) is 0 Å². The van der Waals surface area contributed by atoms with Crippen molar-refractivity contribution >= 4 is 29.9 Å². The molecule has 0 radical (unpaired) electrons. The minimum absolute atomic E-state index is 0. The summed E-state index contributed by atoms with van der Waals surface area (Å²) in [5.74, 6) is 1.63. The molecule has 2 atom stereocenters. The first kappa shape index (κ1) is 21.9. The average Bonchev–Trinajstić information content (AvgIpc) is 3.11. The third kappa shape index (κ3) is 8.31. The highest BCUT2D eigenvalue weighted by Crippen LogP contribution is 2.15. The van der Waals surface area contributed by atoms with Crippen molar-refractivity contribution in [3.05, 3.63) is 0 Å². The smallest absolute Gasteiger partial charge is 0.190 e. The molecule has 2 saturated heterocycles. The van der Waals surface area contributed by atoms with E-state index in [1.807, 2.05) is 7.05 Å². The van der Waals surface area contributed by atoms with Crippen LogP contribution in [0.2, 0.25) is 0 Å². The van der Waals surface area contributed by atoms with E-state index in [9.17, 15) is 0 Å². The van der Waals surface area contributed by atoms with Gasteiger partial charge in [-0.1, -0.05) is 6.92 Å². The van der Waals surface area contributed by atoms with E-state index in [1.165, 1.54) is 25.9 Å². The van der Waals surface area contributed by atoms with Crippen molar-refractivity contribution in [1.82, 2.24) is 15.5 Å². The highest BCUT2D eigenvalue weighted by Gasteiger charge is 2.18. The second-order valence-corrected chi connectivity index (χ2v) is 6.49. The number of piperidine rings is 1. The van der Waals surface area contributed by atoms with Gasteiger partial charge in [0.05, 0.1) is 12.7 Å². The molecule has 0 aromatic carbocycles. The molecule has 0 spiro atoms. The molecule has 2 unspecified atom stereocenters. The zero-order valence-electron chi connectivity index (χ0n) is 15.3. The summed E-state index contributed by atoms with van der Waals surface area (Å²) >= 11 is 0. The van der Waals surface area contributed by atoms with Crippen LogP contribution in [0.3, 0.4) is 0 Å². The molecular formula is C17H35IN4O2. The lowest BCUT2D eigenvalue weighted by atomic mass is 9.98. The van der Waals surface area contributed by atoms with Crippen LogP contribution in [0.1, 0.15) is 32.6 Å². The Morgan fingerprint density at radius 2 is 2.21 bits per heavy atom. The van der Waals surface area contributed by atoms with Gasteiger partial charge in [-0.2, -0.15) is 0 Å². The van der Waals surface area contributed by atoms with E-state index in [2.05, 4.69) is 27.4 Å². The number of ether oxygens (including phenoxy) is 2. The quantitative estimate of drug-likeness (QED) is 0.253. The monoisotopic (exact) mass is 454 g/mol. The Hall–Kier alpha value is -0.120. The molecule has 2 rings (SSSR count). The molecule has 0 amide bonds. The normalized spacial score (nSPS) is 25.3. The minimum Gasteiger partial charge on any atom is -0.379 e. The molecule has 24 heavy (non-hydrogen) atoms. The second-order valence-electron chi connectivity index (χ2n) is 6.49. The van der Waals surface area contributed by atoms with Crippen molar-refractivity contribution in [1.29, 1.82) is 0 Å². The van der Waals surface area contributed by atoms with Gasteiger partial charge >= 0.3 is 0 Å². The van der Waals surface area contributed by atoms with Crippen LogP contribution < -0.4 is 10.6 Å². The summed E-state index contributed by atoms with van der Waals surface area (Å²) in [6.45, 7) is 10.1. The summed E-state index contributed by atoms with van der Waals surface area (Å²) in [6, 6.07) is 0. The molecule has 7 heteroatoms. The van der Waals surface area contributed by atoms with Crippen molar-refractivity contribution in [2.24, 2.45) is 10.9 Å². The number of aliphatic imine (C=N–C) groups is 1. The molecule has 0 aliphatic carbocycles. The number of nitrogens with zero attached hydrogens (tertiary/aromatic N) is 2. The first-order valence-corrected chi connectivity index (χ1v) is 9.18. The molecule has 2 aliphatic heterocycles. The van der Waals surface area contributed by atoms with Gasteiger partial charge in [0, 0.05) is 39.9 Å². The van der Waals surface area contributed by atoms with Crippen molar-refractivity contribution in [2.75, 3.05) is 59.6 Å². The van der Waals surface area contributed by atoms with E-state index in [1.54, 1.807) is 0 Å². The van der Waals surface area contributed by atoms with Crippen LogP contribution in [-0.4, -0.2) is 76.6 Å². The summed E-state index contributed by atoms with van der Waals surface area (Å²) in [5.41, 5.74) is 0. The predicted molar refractivity (Wildman–Crippen MR) is 109 cm³/mol. The molecule has 6 nitrogen and oxygen atoms in total. The van der Waals surface area contributed by atoms with Crippen LogP contribution >= 0.6 is 24.0 Å². The van der Waals surface area contributed by atoms with Gasteiger partial charge in [0.1, 0.15) is 0 Å². The van der Waals surface area contributed by atoms with Gasteiger partial charge in [-0.05, 0) is 44.7 Å². The van der Waals surface area contributed by atoms with Crippen LogP contribution in [0.25, 0.3) is 0 Å². The number of nitrogens with one attached hydrogen (secondary N) is 2. The molecule has 0 aromatic heterocycles. The fourth-order valence-corrected chi connectivity index (χ4v) is 3.24. The van der Waals surface area contributed by atoms with Crippen LogP contribution in [0.15, 0.2) is 4.99 Å². The highest BCUT2D eigenvalue weighted by molar-refractivity contribution is 14.0. The van der Waals surface area contributed by atoms with E-state index in [0.29, 0.717) is 6.10 Å². The van der Waals surface area contributed by atoms with E-state index in [-0.39, 0.29) is 24.0 Å². The summed E-state index contributed by atoms with van der Waals surface area (Å²) in [4.78, 5) is 6.84. The molecule has 0 bridgehead atoms. The van der Waals surface area contributed by atoms with Crippen molar-refractivity contribution in [3.63, 3.8) is 0 Å². The molecule has 2 aliphatic rings. The maximum absolute atomic E-state index is 5.77. The molecular weight excluding hydrogens is 419 g/mol. The Kier molecular flexibility index (Phi) is 12.0. The topological polar surface area (TPSA) is 58.1 Å². The van der Waals surface area contributed by atoms with Crippen molar-refractivity contribution < 1.29 is 9.47 Å². The summed E-state index contributed by atoms with van der Waals surface area (Å²) in [7, 11) is 1.83. The first-order chi connectivity index (χ1) is 11.3. The molecule has 0 aromatic rings. The predicted octanol–water partition coefficient (Wildman–Crippen LogP) is 1.70. The van der Waals surface area contributed by atoms with Crippen LogP contribution in [-0.2, 0) is 9.47 Å². The summed E-state index contributed by atoms with van der Waals surface area (Å²) in [5, 5.41) is 6.84. The molecule has 2 fully saturated rings. The molecule has 2 N–H and O–H groups in total. The van der Waals surface area contributed by atoms with E-state index in [4.69, 9.17) is 9.47 Å². The Balaban J connectivity index is 0.00000288. The summed E-state index contributed by atoms with van der Waals surface area (Å²) in [6.07, 6.45) is 4.96. The zero-order valence-corrected chi connectivity index (χ0v) is 17.6. The van der Waals surface area contributed by atoms with Crippen molar-refractivity contribution in [3.8, 4) is 0 Å². The number of rotatable bonds is 8. The molecule has 2 heterocycles. The van der Waals surface area contributed by atoms with E-state index in [0.717, 1.165) is 64.2 Å². The lowest BCUT2D eigenvalue weighted by molar-refractivity contribution is 0.0420. The zero-order chi connectivity index (χ0) is 16.3. The van der Waals surface area contributed by atoms with Gasteiger partial charge in [-0.15, -0.1) is 24.0 Å². The minimum atomic E-state index is 0. The Labute approximate surface area is 164 Å². The fourth-order valence-electron chi connectivity index (χ4n) is 3.24. The molecule has 0 saturated carbocycles. The summed E-state index contributed by atoms with van der Waals surface area (Å²) < 4.78 is 11.1. The maximum atomic E-state index is 5.77. The number of hydrogen-bond acceptors (Lipinski definition) is 4. The largest absolute Gasteiger partial charge is 0.379 e. The third-order valence-electron chi connectivity index (χ3n) is 4.69. The van der Waals surface area contributed by atoms with Crippen molar-refractivity contribution in [2.45, 2.75) is 38.7 Å². The SMILES string of the molecule is CCN1CCCC(CNC(=NC)NCCCOC2CCOC2)C1.I. The van der Waals surface area contributed by atoms with Crippen LogP contribution in [0, 0.1) is 5.92 Å². The number of halogens is 1. The maximum Gasteiger partial charge on any atom is 0.190 e. The lowest BCUT2D eigenvalue weighted by Crippen LogP contribution is -2.44. The van der Waals surface area contributed by atoms with Gasteiger partial charge in [-0.3, -0.25) is 4.99 Å². The third-order valence-corrected chi connectivity index (χ3v) is 4.69. The fraction of sp³-hybridized carbons (Fsp3) is 0.941. The Bertz CT molecular complexity index is 351. The number of hydrogen-bond donors (Lipinski definition) is 2. The van der Waals surface area contributed by atoms with E-state index >= 15 is 0 Å². The Morgan fingerprint density at radius 3 is 2.92 bits per heavy atom. The highest BCUT2D eigenvalue weighted by atomic mass is 127. The molecule has 142 valence electrons. The van der Waals surface area contributed by atoms with Gasteiger partial charge in [-0.25, -0.2) is 0 Å². The van der Waals surface area contributed by atoms with E-state index < -0.39 is 0 Å². The van der Waals surface area contributed by atoms with Gasteiger partial charge < -0.3 is 25.0 Å². The second kappa shape index (κ2) is 13.1. The number of likely N-dealkylation sites (tertiary alicyclic amines) is 1. The average molecular weight is 454 g/mol. The standard InChI is InChI=1S/C17H34N4O2.HI/c1-3-21-9-4-6-15(13-21)12-20-17(18-2)19-8-5-10-23-16-7-11-22-14-16;/h15-16H,3-14H2,1-2H3,(H2,18,19,20);1H. The first-order valence-electron chi connectivity index (χ1n) is 9.18. The Morgan fingerprint density at radius 1 is 1.33 bits per heavy atom. The lowest BCUT2D eigenvalue weighted by Gasteiger charge is -2.32. The van der Waals surface area contributed by atoms with Crippen LogP contribution in [0.4, 0.5) is 0 Å². The number of guanidine groups is 1.